The molecule has 14 heavy (non-hydrogen) atoms. The summed E-state index contributed by atoms with van der Waals surface area (Å²) in [5.41, 5.74) is 1.09. The first-order chi connectivity index (χ1) is 6.33. The van der Waals surface area contributed by atoms with Gasteiger partial charge in [-0.2, -0.15) is 0 Å². The van der Waals surface area contributed by atoms with Crippen molar-refractivity contribution in [3.05, 3.63) is 35.9 Å². The van der Waals surface area contributed by atoms with Gasteiger partial charge in [-0.05, 0) is 12.0 Å². The van der Waals surface area contributed by atoms with Crippen LogP contribution in [0.2, 0.25) is 0 Å². The van der Waals surface area contributed by atoms with Gasteiger partial charge in [-0.15, -0.1) is 0 Å². The van der Waals surface area contributed by atoms with E-state index in [-0.39, 0.29) is 35.5 Å². The van der Waals surface area contributed by atoms with Crippen LogP contribution in [0, 0.1) is 0 Å². The Morgan fingerprint density at radius 2 is 1.93 bits per heavy atom. The zero-order chi connectivity index (χ0) is 9.52. The van der Waals surface area contributed by atoms with Crippen molar-refractivity contribution in [3.63, 3.8) is 0 Å². The minimum atomic E-state index is 0. The van der Waals surface area contributed by atoms with Crippen molar-refractivity contribution in [1.82, 2.24) is 5.32 Å². The van der Waals surface area contributed by atoms with Gasteiger partial charge < -0.3 is 0 Å². The minimum absolute atomic E-state index is 0. The number of rotatable bonds is 4. The second kappa shape index (κ2) is 8.04. The molecule has 1 amide bonds. The van der Waals surface area contributed by atoms with Crippen molar-refractivity contribution in [1.29, 1.82) is 0 Å². The van der Waals surface area contributed by atoms with Crippen molar-refractivity contribution >= 4 is 35.5 Å². The molecule has 0 saturated carbocycles. The number of nitrogens with zero attached hydrogens (tertiary/aromatic N) is 1. The van der Waals surface area contributed by atoms with Crippen molar-refractivity contribution < 1.29 is 4.79 Å². The van der Waals surface area contributed by atoms with E-state index in [9.17, 15) is 4.79 Å². The molecular weight excluding hydrogens is 185 g/mol. The maximum absolute atomic E-state index is 11.0. The number of amides is 1. The van der Waals surface area contributed by atoms with Crippen molar-refractivity contribution in [2.24, 2.45) is 0 Å². The molecule has 0 fully saturated rings. The topological polar surface area (TPSA) is 31.2 Å². The normalized spacial score (nSPS) is 8.93. The van der Waals surface area contributed by atoms with Gasteiger partial charge in [-0.25, -0.2) is 5.32 Å². The Morgan fingerprint density at radius 1 is 1.29 bits per heavy atom. The zero-order valence-electron chi connectivity index (χ0n) is 7.86. The zero-order valence-corrected chi connectivity index (χ0v) is 7.86. The molecule has 0 unspecified atom stereocenters. The molecule has 0 spiro atoms. The van der Waals surface area contributed by atoms with Crippen molar-refractivity contribution in [2.45, 2.75) is 26.3 Å². The Balaban J connectivity index is 0.00000169. The molecule has 0 aliphatic carbocycles. The van der Waals surface area contributed by atoms with E-state index >= 15 is 0 Å². The number of benzene rings is 1. The van der Waals surface area contributed by atoms with Crippen LogP contribution < -0.4 is 5.32 Å². The van der Waals surface area contributed by atoms with Crippen LogP contribution in [-0.4, -0.2) is 35.5 Å². The Morgan fingerprint density at radius 3 is 2.50 bits per heavy atom. The van der Waals surface area contributed by atoms with Crippen LogP contribution in [0.5, 0.6) is 0 Å². The van der Waals surface area contributed by atoms with E-state index in [1.165, 1.54) is 0 Å². The quantitative estimate of drug-likeness (QED) is 0.677. The van der Waals surface area contributed by atoms with Gasteiger partial charge in [0, 0.05) is 6.42 Å². The maximum atomic E-state index is 11.0. The van der Waals surface area contributed by atoms with Gasteiger partial charge in [0.2, 0.25) is 5.91 Å². The second-order valence-corrected chi connectivity index (χ2v) is 2.95. The Kier molecular flexibility index (Phi) is 7.86. The third-order valence-corrected chi connectivity index (χ3v) is 1.74. The van der Waals surface area contributed by atoms with Crippen LogP contribution in [0.15, 0.2) is 30.3 Å². The average molecular weight is 200 g/mol. The summed E-state index contributed by atoms with van der Waals surface area (Å²) in [5.74, 6) is 0.00588. The van der Waals surface area contributed by atoms with Gasteiger partial charge in [0.05, 0.1) is 6.54 Å². The molecule has 0 N–H and O–H groups in total. The van der Waals surface area contributed by atoms with Gasteiger partial charge in [0.1, 0.15) is 0 Å². The Labute approximate surface area is 107 Å². The molecule has 0 aliphatic heterocycles. The Hall–Kier alpha value is -0.310. The van der Waals surface area contributed by atoms with Crippen LogP contribution in [0.1, 0.15) is 25.3 Å². The van der Waals surface area contributed by atoms with Crippen LogP contribution in [0.3, 0.4) is 0 Å². The van der Waals surface area contributed by atoms with E-state index in [4.69, 9.17) is 0 Å². The number of hydrogen-bond acceptors (Lipinski definition) is 1. The van der Waals surface area contributed by atoms with Crippen LogP contribution >= 0.6 is 0 Å². The molecule has 3 heteroatoms. The number of hydrogen-bond donors (Lipinski definition) is 0. The third-order valence-electron chi connectivity index (χ3n) is 1.74. The summed E-state index contributed by atoms with van der Waals surface area (Å²) in [5, 5.41) is 3.95. The molecule has 0 heterocycles. The molecule has 1 aromatic carbocycles. The molecule has 1 radical (unpaired) electrons. The molecule has 1 rings (SSSR count). The summed E-state index contributed by atoms with van der Waals surface area (Å²) in [6.07, 6.45) is 1.43. The van der Waals surface area contributed by atoms with E-state index in [0.717, 1.165) is 12.0 Å². The van der Waals surface area contributed by atoms with E-state index in [2.05, 4.69) is 5.32 Å². The molecule has 71 valence electrons. The fourth-order valence-electron chi connectivity index (χ4n) is 1.06. The summed E-state index contributed by atoms with van der Waals surface area (Å²) >= 11 is 0. The van der Waals surface area contributed by atoms with E-state index in [1.807, 2.05) is 37.3 Å². The summed E-state index contributed by atoms with van der Waals surface area (Å²) in [7, 11) is 0. The first kappa shape index (κ1) is 13.7. The Bertz CT molecular complexity index is 261. The summed E-state index contributed by atoms with van der Waals surface area (Å²) < 4.78 is 0. The van der Waals surface area contributed by atoms with E-state index < -0.39 is 0 Å². The number of carbonyl (C=O) groups excluding carboxylic acids is 1. The predicted molar refractivity (Wildman–Crippen MR) is 59.3 cm³/mol. The molecule has 2 nitrogen and oxygen atoms in total. The number of carbonyl (C=O) groups is 1. The van der Waals surface area contributed by atoms with Gasteiger partial charge in [-0.3, -0.25) is 4.79 Å². The predicted octanol–water partition coefficient (Wildman–Crippen LogP) is 1.47. The molecular formula is C11H15NNaO. The van der Waals surface area contributed by atoms with Crippen LogP contribution in [-0.2, 0) is 11.3 Å². The molecule has 0 atom stereocenters. The van der Waals surface area contributed by atoms with Gasteiger partial charge >= 0.3 is 29.6 Å². The van der Waals surface area contributed by atoms with Crippen molar-refractivity contribution in [3.8, 4) is 0 Å². The third kappa shape index (κ3) is 5.43. The first-order valence-electron chi connectivity index (χ1n) is 4.57. The van der Waals surface area contributed by atoms with Crippen LogP contribution in [0.25, 0.3) is 0 Å². The first-order valence-corrected chi connectivity index (χ1v) is 4.57. The van der Waals surface area contributed by atoms with E-state index in [1.54, 1.807) is 0 Å². The van der Waals surface area contributed by atoms with Gasteiger partial charge in [-0.1, -0.05) is 37.3 Å². The van der Waals surface area contributed by atoms with Gasteiger partial charge in [0.15, 0.2) is 0 Å². The fourth-order valence-corrected chi connectivity index (χ4v) is 1.06. The van der Waals surface area contributed by atoms with Gasteiger partial charge in [0.25, 0.3) is 0 Å². The average Bonchev–Trinajstić information content (AvgIpc) is 2.17. The van der Waals surface area contributed by atoms with Crippen molar-refractivity contribution in [2.75, 3.05) is 0 Å². The molecule has 0 bridgehead atoms. The fraction of sp³-hybridized carbons (Fsp3) is 0.364. The summed E-state index contributed by atoms with van der Waals surface area (Å²) in [6.45, 7) is 2.50. The standard InChI is InChI=1S/C11H14NO.Na.H/c1-2-6-11(13)12-9-10-7-4-3-5-8-10;;/h3-5,7-8H,2,6,9H2,1H3;;. The molecule has 1 aromatic rings. The molecule has 0 aliphatic rings. The summed E-state index contributed by atoms with van der Waals surface area (Å²) in [6, 6.07) is 9.81. The van der Waals surface area contributed by atoms with E-state index in [0.29, 0.717) is 13.0 Å². The second-order valence-electron chi connectivity index (χ2n) is 2.95. The molecule has 0 saturated heterocycles. The monoisotopic (exact) mass is 200 g/mol. The van der Waals surface area contributed by atoms with Crippen LogP contribution in [0.4, 0.5) is 0 Å². The summed E-state index contributed by atoms with van der Waals surface area (Å²) in [4.78, 5) is 11.0. The molecule has 0 aromatic heterocycles. The SMILES string of the molecule is CCCC(=O)[N]Cc1ccccc1.[NaH].